The lowest BCUT2D eigenvalue weighted by Gasteiger charge is -2.45. The molecule has 1 atom stereocenters. The van der Waals surface area contributed by atoms with E-state index in [9.17, 15) is 26.3 Å². The molecule has 0 aliphatic carbocycles. The van der Waals surface area contributed by atoms with Gasteiger partial charge in [-0.1, -0.05) is 0 Å². The molecule has 0 radical (unpaired) electrons. The zero-order chi connectivity index (χ0) is 16.9. The van der Waals surface area contributed by atoms with Crippen molar-refractivity contribution < 1.29 is 40.7 Å². The van der Waals surface area contributed by atoms with Gasteiger partial charge in [0.15, 0.2) is 0 Å². The molecule has 12 heteroatoms. The number of nitrogens with one attached hydrogen (secondary N) is 1. The molecule has 1 unspecified atom stereocenters. The predicted molar refractivity (Wildman–Crippen MR) is 63.0 cm³/mol. The third-order valence-corrected chi connectivity index (χ3v) is 2.78. The van der Waals surface area contributed by atoms with E-state index >= 15 is 0 Å². The molecule has 0 spiro atoms. The number of halogens is 6. The highest BCUT2D eigenvalue weighted by Crippen LogP contribution is 2.34. The number of hydrogen-bond acceptors (Lipinski definition) is 3. The van der Waals surface area contributed by atoms with Crippen LogP contribution in [-0.2, 0) is 4.57 Å². The van der Waals surface area contributed by atoms with E-state index in [2.05, 4.69) is 5.32 Å². The number of nitrogens with zero attached hydrogens (tertiary/aromatic N) is 1. The summed E-state index contributed by atoms with van der Waals surface area (Å²) in [7, 11) is -3.13. The van der Waals surface area contributed by atoms with Crippen molar-refractivity contribution in [3.8, 4) is 0 Å². The zero-order valence-electron chi connectivity index (χ0n) is 11.1. The molecular formula is C9H17F6N2O3P. The lowest BCUT2D eigenvalue weighted by Crippen LogP contribution is -2.62. The summed E-state index contributed by atoms with van der Waals surface area (Å²) in [6, 6.07) is 0. The van der Waals surface area contributed by atoms with Crippen molar-refractivity contribution in [2.24, 2.45) is 0 Å². The van der Waals surface area contributed by atoms with E-state index in [1.807, 2.05) is 0 Å². The number of piperazine rings is 1. The Bertz CT molecular complexity index is 347. The van der Waals surface area contributed by atoms with Gasteiger partial charge in [-0.3, -0.25) is 9.46 Å². The second-order valence-corrected chi connectivity index (χ2v) is 5.35. The third-order valence-electron chi connectivity index (χ3n) is 2.78. The van der Waals surface area contributed by atoms with E-state index in [-0.39, 0.29) is 19.6 Å². The van der Waals surface area contributed by atoms with E-state index in [1.54, 1.807) is 0 Å². The first-order valence-corrected chi connectivity index (χ1v) is 7.07. The summed E-state index contributed by atoms with van der Waals surface area (Å²) >= 11 is 0. The fourth-order valence-corrected chi connectivity index (χ4v) is 2.05. The Hall–Kier alpha value is -0.350. The molecule has 5 nitrogen and oxygen atoms in total. The van der Waals surface area contributed by atoms with Crippen LogP contribution < -0.4 is 5.32 Å². The van der Waals surface area contributed by atoms with E-state index in [0.29, 0.717) is 0 Å². The lowest BCUT2D eigenvalue weighted by atomic mass is 9.92. The van der Waals surface area contributed by atoms with E-state index in [4.69, 9.17) is 14.4 Å². The van der Waals surface area contributed by atoms with Gasteiger partial charge in [0, 0.05) is 25.2 Å². The Morgan fingerprint density at radius 1 is 1.19 bits per heavy atom. The van der Waals surface area contributed by atoms with Crippen molar-refractivity contribution in [3.63, 3.8) is 0 Å². The summed E-state index contributed by atoms with van der Waals surface area (Å²) < 4.78 is 82.6. The normalized spacial score (nSPS) is 24.7. The molecule has 0 bridgehead atoms. The van der Waals surface area contributed by atoms with Crippen molar-refractivity contribution in [1.29, 1.82) is 0 Å². The van der Waals surface area contributed by atoms with Gasteiger partial charge in [0.1, 0.15) is 0 Å². The van der Waals surface area contributed by atoms with Crippen molar-refractivity contribution in [1.82, 2.24) is 10.2 Å². The van der Waals surface area contributed by atoms with Gasteiger partial charge in [-0.05, 0) is 6.92 Å². The molecule has 3 N–H and O–H groups in total. The Morgan fingerprint density at radius 2 is 1.67 bits per heavy atom. The maximum atomic E-state index is 12.4. The topological polar surface area (TPSA) is 72.8 Å². The number of hydrogen-bond donors (Lipinski definition) is 3. The number of rotatable bonds is 2. The van der Waals surface area contributed by atoms with E-state index in [1.165, 1.54) is 6.92 Å². The zero-order valence-corrected chi connectivity index (χ0v) is 12.1. The van der Waals surface area contributed by atoms with Crippen molar-refractivity contribution in [3.05, 3.63) is 0 Å². The third kappa shape index (κ3) is 10.1. The molecule has 1 saturated heterocycles. The second kappa shape index (κ2) is 7.77. The molecule has 0 aromatic carbocycles. The summed E-state index contributed by atoms with van der Waals surface area (Å²) in [5.41, 5.74) is -1.54. The van der Waals surface area contributed by atoms with Crippen LogP contribution in [0.15, 0.2) is 0 Å². The fraction of sp³-hybridized carbons (Fsp3) is 1.00. The standard InChI is InChI=1S/C9H14F6N2.H3O3P/c1-7(4-8(10,11)12)5-16-2-3-17(7)6-9(13,14)15;1-4(2)3/h16H,2-6H2,1H3;4H,(H2,1,2,3). The molecule has 1 aliphatic heterocycles. The summed E-state index contributed by atoms with van der Waals surface area (Å²) in [5.74, 6) is 0. The molecule has 0 saturated carbocycles. The molecule has 1 rings (SSSR count). The van der Waals surface area contributed by atoms with Gasteiger partial charge in [0.2, 0.25) is 0 Å². The summed E-state index contributed by atoms with van der Waals surface area (Å²) in [6.45, 7) is 0.0395. The monoisotopic (exact) mass is 346 g/mol. The van der Waals surface area contributed by atoms with Crippen LogP contribution in [0.1, 0.15) is 13.3 Å². The van der Waals surface area contributed by atoms with Crippen LogP contribution in [0.4, 0.5) is 26.3 Å². The van der Waals surface area contributed by atoms with Crippen LogP contribution in [0.3, 0.4) is 0 Å². The van der Waals surface area contributed by atoms with Gasteiger partial charge < -0.3 is 15.1 Å². The van der Waals surface area contributed by atoms with Gasteiger partial charge in [-0.15, -0.1) is 0 Å². The van der Waals surface area contributed by atoms with Gasteiger partial charge in [-0.2, -0.15) is 26.3 Å². The molecule has 0 amide bonds. The molecule has 0 aromatic heterocycles. The largest absolute Gasteiger partial charge is 0.401 e. The summed E-state index contributed by atoms with van der Waals surface area (Å²) in [5, 5.41) is 2.70. The maximum Gasteiger partial charge on any atom is 0.401 e. The second-order valence-electron chi connectivity index (χ2n) is 4.78. The van der Waals surface area contributed by atoms with Crippen LogP contribution >= 0.6 is 8.25 Å². The van der Waals surface area contributed by atoms with Crippen molar-refractivity contribution in [2.45, 2.75) is 31.2 Å². The molecular weight excluding hydrogens is 329 g/mol. The SMILES string of the molecule is CC1(CC(F)(F)F)CNCCN1CC(F)(F)F.O=[PH](O)O. The molecule has 0 aromatic rings. The lowest BCUT2D eigenvalue weighted by molar-refractivity contribution is -0.190. The molecule has 128 valence electrons. The highest BCUT2D eigenvalue weighted by molar-refractivity contribution is 7.30. The van der Waals surface area contributed by atoms with Crippen LogP contribution in [0.25, 0.3) is 0 Å². The average Bonchev–Trinajstić information content (AvgIpc) is 2.16. The van der Waals surface area contributed by atoms with Crippen molar-refractivity contribution >= 4 is 8.25 Å². The van der Waals surface area contributed by atoms with Gasteiger partial charge in [-0.25, -0.2) is 0 Å². The van der Waals surface area contributed by atoms with Crippen LogP contribution in [0.5, 0.6) is 0 Å². The molecule has 1 fully saturated rings. The minimum Gasteiger partial charge on any atom is -0.326 e. The highest BCUT2D eigenvalue weighted by atomic mass is 31.1. The molecule has 21 heavy (non-hydrogen) atoms. The summed E-state index contributed by atoms with van der Waals surface area (Å²) in [4.78, 5) is 15.2. The number of alkyl halides is 6. The quantitative estimate of drug-likeness (QED) is 0.522. The Balaban J connectivity index is 0.000000885. The first-order chi connectivity index (χ1) is 9.25. The fourth-order valence-electron chi connectivity index (χ4n) is 2.05. The smallest absolute Gasteiger partial charge is 0.326 e. The van der Waals surface area contributed by atoms with Gasteiger partial charge in [0.05, 0.1) is 13.0 Å². The van der Waals surface area contributed by atoms with Gasteiger partial charge >= 0.3 is 20.6 Å². The Kier molecular flexibility index (Phi) is 7.64. The molecule has 1 aliphatic rings. The van der Waals surface area contributed by atoms with E-state index in [0.717, 1.165) is 4.90 Å². The molecule has 1 heterocycles. The van der Waals surface area contributed by atoms with Crippen molar-refractivity contribution in [2.75, 3.05) is 26.2 Å². The first kappa shape index (κ1) is 20.6. The Labute approximate surface area is 117 Å². The van der Waals surface area contributed by atoms with E-state index < -0.39 is 39.1 Å². The van der Waals surface area contributed by atoms with Crippen LogP contribution in [0.2, 0.25) is 0 Å². The Morgan fingerprint density at radius 3 is 2.05 bits per heavy atom. The minimum atomic E-state index is -4.48. The van der Waals surface area contributed by atoms with Crippen LogP contribution in [0, 0.1) is 0 Å². The average molecular weight is 346 g/mol. The van der Waals surface area contributed by atoms with Crippen LogP contribution in [-0.4, -0.2) is 58.8 Å². The highest BCUT2D eigenvalue weighted by Gasteiger charge is 2.47. The summed E-state index contributed by atoms with van der Waals surface area (Å²) in [6.07, 6.45) is -10.2. The maximum absolute atomic E-state index is 12.4. The van der Waals surface area contributed by atoms with Gasteiger partial charge in [0.25, 0.3) is 0 Å². The predicted octanol–water partition coefficient (Wildman–Crippen LogP) is 1.53. The minimum absolute atomic E-state index is 0.0356. The first-order valence-electron chi connectivity index (χ1n) is 5.76.